The van der Waals surface area contributed by atoms with Crippen LogP contribution >= 0.6 is 0 Å². The van der Waals surface area contributed by atoms with Gasteiger partial charge in [-0.05, 0) is 24.6 Å². The van der Waals surface area contributed by atoms with Crippen molar-refractivity contribution >= 4 is 21.6 Å². The zero-order valence-corrected chi connectivity index (χ0v) is 17.2. The molecule has 1 fully saturated rings. The molecule has 2 aromatic carbocycles. The fraction of sp³-hybridized carbons (Fsp3) is 0.333. The molecule has 1 aliphatic heterocycles. The van der Waals surface area contributed by atoms with Gasteiger partial charge in [0.25, 0.3) is 5.91 Å². The number of piperazine rings is 1. The molecule has 1 atom stereocenters. The van der Waals surface area contributed by atoms with Gasteiger partial charge in [0, 0.05) is 0 Å². The number of benzene rings is 2. The van der Waals surface area contributed by atoms with Gasteiger partial charge < -0.3 is 10.2 Å². The molecule has 0 saturated carbocycles. The summed E-state index contributed by atoms with van der Waals surface area (Å²) in [6, 6.07) is 17.7. The second-order valence-electron chi connectivity index (χ2n) is 7.17. The summed E-state index contributed by atoms with van der Waals surface area (Å²) < 4.78 is 26.9. The van der Waals surface area contributed by atoms with Crippen molar-refractivity contribution in [2.75, 3.05) is 31.5 Å². The van der Waals surface area contributed by atoms with Crippen LogP contribution in [0, 0.1) is 11.3 Å². The third-order valence-electron chi connectivity index (χ3n) is 5.26. The van der Waals surface area contributed by atoms with Crippen molar-refractivity contribution in [2.24, 2.45) is 0 Å². The molecule has 1 saturated heterocycles. The van der Waals surface area contributed by atoms with Gasteiger partial charge in [-0.3, -0.25) is 4.79 Å². The third-order valence-corrected chi connectivity index (χ3v) is 7.11. The van der Waals surface area contributed by atoms with Gasteiger partial charge in [-0.1, -0.05) is 42.5 Å². The van der Waals surface area contributed by atoms with Gasteiger partial charge >= 0.3 is 0 Å². The summed E-state index contributed by atoms with van der Waals surface area (Å²) in [7, 11) is -3.38. The van der Waals surface area contributed by atoms with E-state index in [1.165, 1.54) is 4.31 Å². The number of nitrogens with zero attached hydrogens (tertiary/aromatic N) is 2. The van der Waals surface area contributed by atoms with E-state index in [1.807, 2.05) is 37.3 Å². The van der Waals surface area contributed by atoms with E-state index < -0.39 is 10.0 Å². The summed E-state index contributed by atoms with van der Waals surface area (Å²) in [5, 5.41) is 12.0. The minimum absolute atomic E-state index is 0.00977. The van der Waals surface area contributed by atoms with Crippen molar-refractivity contribution in [1.29, 1.82) is 5.26 Å². The number of amides is 1. The Morgan fingerprint density at radius 2 is 1.76 bits per heavy atom. The Labute approximate surface area is 171 Å². The molecular formula is C21H25N4O3S+. The lowest BCUT2D eigenvalue weighted by Crippen LogP contribution is -3.19. The first kappa shape index (κ1) is 21.0. The first-order valence-corrected chi connectivity index (χ1v) is 11.2. The van der Waals surface area contributed by atoms with E-state index in [-0.39, 0.29) is 17.7 Å². The van der Waals surface area contributed by atoms with Crippen molar-refractivity contribution in [1.82, 2.24) is 4.31 Å². The summed E-state index contributed by atoms with van der Waals surface area (Å²) in [6.07, 6.45) is 0. The van der Waals surface area contributed by atoms with Gasteiger partial charge in [0.15, 0.2) is 6.04 Å². The van der Waals surface area contributed by atoms with Gasteiger partial charge in [0.2, 0.25) is 10.0 Å². The molecule has 29 heavy (non-hydrogen) atoms. The number of anilines is 1. The first-order valence-electron chi connectivity index (χ1n) is 9.57. The Bertz CT molecular complexity index is 994. The smallest absolute Gasteiger partial charge is 0.282 e. The highest BCUT2D eigenvalue weighted by Crippen LogP contribution is 2.14. The quantitative estimate of drug-likeness (QED) is 0.726. The van der Waals surface area contributed by atoms with Crippen LogP contribution in [0.2, 0.25) is 0 Å². The molecule has 3 rings (SSSR count). The average Bonchev–Trinajstić information content (AvgIpc) is 2.74. The number of nitriles is 1. The van der Waals surface area contributed by atoms with Crippen molar-refractivity contribution < 1.29 is 18.1 Å². The summed E-state index contributed by atoms with van der Waals surface area (Å²) >= 11 is 0. The molecule has 8 heteroatoms. The van der Waals surface area contributed by atoms with Crippen molar-refractivity contribution in [3.63, 3.8) is 0 Å². The molecule has 2 N–H and O–H groups in total. The maximum Gasteiger partial charge on any atom is 0.282 e. The molecule has 2 aromatic rings. The summed E-state index contributed by atoms with van der Waals surface area (Å²) in [5.74, 6) is -0.187. The van der Waals surface area contributed by atoms with Crippen LogP contribution in [0.25, 0.3) is 0 Å². The molecular weight excluding hydrogens is 388 g/mol. The van der Waals surface area contributed by atoms with E-state index in [0.29, 0.717) is 37.4 Å². The Morgan fingerprint density at radius 3 is 2.41 bits per heavy atom. The maximum absolute atomic E-state index is 12.7. The number of hydrogen-bond acceptors (Lipinski definition) is 4. The summed E-state index contributed by atoms with van der Waals surface area (Å²) in [5.41, 5.74) is 1.68. The second-order valence-corrected chi connectivity index (χ2v) is 9.14. The topological polar surface area (TPSA) is 94.7 Å². The number of quaternary nitrogens is 1. The van der Waals surface area contributed by atoms with E-state index >= 15 is 0 Å². The van der Waals surface area contributed by atoms with Crippen LogP contribution in [0.4, 0.5) is 5.69 Å². The molecule has 152 valence electrons. The summed E-state index contributed by atoms with van der Waals surface area (Å²) in [6.45, 7) is 3.71. The Balaban J connectivity index is 1.57. The zero-order valence-electron chi connectivity index (χ0n) is 16.3. The lowest BCUT2D eigenvalue weighted by molar-refractivity contribution is -0.917. The lowest BCUT2D eigenvalue weighted by atomic mass is 10.1. The number of hydrogen-bond donors (Lipinski definition) is 2. The minimum Gasteiger partial charge on any atom is -0.323 e. The molecule has 1 aliphatic rings. The number of para-hydroxylation sites is 1. The SMILES string of the molecule is C[C@H](C(=O)Nc1ccccc1C#N)[NH+]1CCN(S(=O)(=O)Cc2ccccc2)CC1. The molecule has 0 aliphatic carbocycles. The van der Waals surface area contributed by atoms with Crippen LogP contribution < -0.4 is 10.2 Å². The highest BCUT2D eigenvalue weighted by molar-refractivity contribution is 7.88. The van der Waals surface area contributed by atoms with E-state index in [2.05, 4.69) is 11.4 Å². The third kappa shape index (κ3) is 5.21. The van der Waals surface area contributed by atoms with Gasteiger partial charge in [-0.15, -0.1) is 0 Å². The van der Waals surface area contributed by atoms with Crippen LogP contribution in [0.5, 0.6) is 0 Å². The largest absolute Gasteiger partial charge is 0.323 e. The van der Waals surface area contributed by atoms with Gasteiger partial charge in [-0.25, -0.2) is 8.42 Å². The summed E-state index contributed by atoms with van der Waals surface area (Å²) in [4.78, 5) is 13.7. The highest BCUT2D eigenvalue weighted by Gasteiger charge is 2.33. The molecule has 0 unspecified atom stereocenters. The molecule has 0 aromatic heterocycles. The first-order chi connectivity index (χ1) is 13.9. The number of carbonyl (C=O) groups is 1. The fourth-order valence-corrected chi connectivity index (χ4v) is 5.01. The molecule has 1 amide bonds. The van der Waals surface area contributed by atoms with Crippen molar-refractivity contribution in [2.45, 2.75) is 18.7 Å². The zero-order chi connectivity index (χ0) is 20.9. The van der Waals surface area contributed by atoms with Crippen molar-refractivity contribution in [3.8, 4) is 6.07 Å². The molecule has 7 nitrogen and oxygen atoms in total. The molecule has 0 radical (unpaired) electrons. The molecule has 0 spiro atoms. The van der Waals surface area contributed by atoms with Gasteiger partial charge in [0.05, 0.1) is 43.2 Å². The van der Waals surface area contributed by atoms with Crippen LogP contribution in [-0.4, -0.2) is 50.9 Å². The van der Waals surface area contributed by atoms with E-state index in [9.17, 15) is 13.2 Å². The van der Waals surface area contributed by atoms with Crippen LogP contribution in [-0.2, 0) is 20.6 Å². The average molecular weight is 414 g/mol. The van der Waals surface area contributed by atoms with Gasteiger partial charge in [0.1, 0.15) is 6.07 Å². The number of sulfonamides is 1. The molecule has 1 heterocycles. The Hall–Kier alpha value is -2.73. The normalized spacial score (nSPS) is 16.7. The van der Waals surface area contributed by atoms with E-state index in [0.717, 1.165) is 10.5 Å². The number of rotatable bonds is 6. The number of nitrogens with one attached hydrogen (secondary N) is 2. The predicted molar refractivity (Wildman–Crippen MR) is 111 cm³/mol. The Morgan fingerprint density at radius 1 is 1.14 bits per heavy atom. The standard InChI is InChI=1S/C21H24N4O3S/c1-17(21(26)23-20-10-6-5-9-19(20)15-22)24-11-13-25(14-12-24)29(27,28)16-18-7-3-2-4-8-18/h2-10,17H,11-14,16H2,1H3,(H,23,26)/p+1/t17-/m1/s1. The van der Waals surface area contributed by atoms with E-state index in [4.69, 9.17) is 5.26 Å². The van der Waals surface area contributed by atoms with Gasteiger partial charge in [-0.2, -0.15) is 9.57 Å². The molecule has 0 bridgehead atoms. The van der Waals surface area contributed by atoms with Crippen LogP contribution in [0.3, 0.4) is 0 Å². The van der Waals surface area contributed by atoms with Crippen molar-refractivity contribution in [3.05, 3.63) is 65.7 Å². The number of carbonyl (C=O) groups excluding carboxylic acids is 1. The second kappa shape index (κ2) is 9.18. The van der Waals surface area contributed by atoms with E-state index in [1.54, 1.807) is 24.3 Å². The monoisotopic (exact) mass is 413 g/mol. The lowest BCUT2D eigenvalue weighted by Gasteiger charge is -2.34. The van der Waals surface area contributed by atoms with Crippen LogP contribution in [0.15, 0.2) is 54.6 Å². The highest BCUT2D eigenvalue weighted by atomic mass is 32.2. The predicted octanol–water partition coefficient (Wildman–Crippen LogP) is 0.616. The van der Waals surface area contributed by atoms with Crippen LogP contribution in [0.1, 0.15) is 18.1 Å². The minimum atomic E-state index is -3.38. The maximum atomic E-state index is 12.7. The fourth-order valence-electron chi connectivity index (χ4n) is 3.48. The Kier molecular flexibility index (Phi) is 6.64.